The minimum absolute atomic E-state index is 0.185. The van der Waals surface area contributed by atoms with Gasteiger partial charge in [-0.25, -0.2) is 0 Å². The highest BCUT2D eigenvalue weighted by Crippen LogP contribution is 2.22. The Morgan fingerprint density at radius 1 is 1.21 bits per heavy atom. The smallest absolute Gasteiger partial charge is 0.259 e. The summed E-state index contributed by atoms with van der Waals surface area (Å²) in [5.74, 6) is 0.417. The van der Waals surface area contributed by atoms with E-state index in [0.29, 0.717) is 17.9 Å². The first-order valence-corrected chi connectivity index (χ1v) is 8.39. The van der Waals surface area contributed by atoms with Crippen molar-refractivity contribution < 1.29 is 9.21 Å². The van der Waals surface area contributed by atoms with Crippen LogP contribution in [-0.4, -0.2) is 15.7 Å². The number of benzene rings is 1. The fraction of sp³-hybridized carbons (Fsp3) is 0.222. The fourth-order valence-corrected chi connectivity index (χ4v) is 2.86. The van der Waals surface area contributed by atoms with Crippen molar-refractivity contribution >= 4 is 27.5 Å². The molecule has 5 nitrogen and oxygen atoms in total. The van der Waals surface area contributed by atoms with Crippen LogP contribution in [0.4, 0.5) is 5.69 Å². The molecule has 0 aliphatic heterocycles. The molecule has 0 bridgehead atoms. The molecule has 24 heavy (non-hydrogen) atoms. The summed E-state index contributed by atoms with van der Waals surface area (Å²) in [6.07, 6.45) is 1.51. The van der Waals surface area contributed by atoms with Gasteiger partial charge < -0.3 is 9.73 Å². The van der Waals surface area contributed by atoms with E-state index >= 15 is 0 Å². The maximum Gasteiger partial charge on any atom is 0.259 e. The van der Waals surface area contributed by atoms with Gasteiger partial charge in [0.1, 0.15) is 5.76 Å². The molecular weight excluding hydrogens is 370 g/mol. The molecule has 0 spiro atoms. The highest BCUT2D eigenvalue weighted by Gasteiger charge is 2.17. The van der Waals surface area contributed by atoms with Crippen LogP contribution in [0.1, 0.15) is 33.1 Å². The van der Waals surface area contributed by atoms with E-state index in [-0.39, 0.29) is 5.91 Å². The third-order valence-corrected chi connectivity index (χ3v) is 4.50. The fourth-order valence-electron chi connectivity index (χ4n) is 2.60. The second-order valence-electron chi connectivity index (χ2n) is 5.67. The number of carbonyl (C=O) groups is 1. The predicted octanol–water partition coefficient (Wildman–Crippen LogP) is 4.46. The molecule has 3 rings (SSSR count). The molecule has 0 unspecified atom stereocenters. The molecule has 2 heterocycles. The lowest BCUT2D eigenvalue weighted by molar-refractivity contribution is 0.102. The second-order valence-corrected chi connectivity index (χ2v) is 6.59. The zero-order chi connectivity index (χ0) is 17.3. The molecule has 0 aliphatic rings. The topological polar surface area (TPSA) is 60.1 Å². The number of nitrogens with zero attached hydrogens (tertiary/aromatic N) is 2. The van der Waals surface area contributed by atoms with Gasteiger partial charge >= 0.3 is 0 Å². The lowest BCUT2D eigenvalue weighted by Gasteiger charge is -2.07. The summed E-state index contributed by atoms with van der Waals surface area (Å²) in [6, 6.07) is 9.78. The van der Waals surface area contributed by atoms with E-state index < -0.39 is 0 Å². The average Bonchev–Trinajstić information content (AvgIpc) is 3.08. The number of rotatable bonds is 4. The van der Waals surface area contributed by atoms with E-state index in [0.717, 1.165) is 27.1 Å². The Labute approximate surface area is 148 Å². The summed E-state index contributed by atoms with van der Waals surface area (Å²) >= 11 is 3.44. The first-order chi connectivity index (χ1) is 11.5. The van der Waals surface area contributed by atoms with E-state index in [2.05, 4.69) is 26.3 Å². The van der Waals surface area contributed by atoms with Crippen molar-refractivity contribution in [2.45, 2.75) is 27.3 Å². The van der Waals surface area contributed by atoms with Crippen LogP contribution in [0.3, 0.4) is 0 Å². The van der Waals surface area contributed by atoms with Crippen molar-refractivity contribution in [1.82, 2.24) is 9.78 Å². The van der Waals surface area contributed by atoms with Crippen LogP contribution >= 0.6 is 15.9 Å². The zero-order valence-corrected chi connectivity index (χ0v) is 15.3. The summed E-state index contributed by atoms with van der Waals surface area (Å²) in [5.41, 5.74) is 4.14. The molecule has 2 aromatic heterocycles. The Balaban J connectivity index is 1.82. The lowest BCUT2D eigenvalue weighted by atomic mass is 10.2. The van der Waals surface area contributed by atoms with Gasteiger partial charge in [-0.3, -0.25) is 9.48 Å². The predicted molar refractivity (Wildman–Crippen MR) is 96.3 cm³/mol. The number of hydrogen-bond donors (Lipinski definition) is 1. The van der Waals surface area contributed by atoms with Crippen molar-refractivity contribution in [3.05, 3.63) is 69.3 Å². The molecule has 0 fully saturated rings. The standard InChI is InChI=1S/C18H18BrN3O2/c1-11-17(20-18(23)16-8-9-24-13(16)3)12(2)22(21-11)10-14-4-6-15(19)7-5-14/h4-9H,10H2,1-3H3,(H,20,23). The van der Waals surface area contributed by atoms with Crippen molar-refractivity contribution in [1.29, 1.82) is 0 Å². The van der Waals surface area contributed by atoms with Gasteiger partial charge in [-0.1, -0.05) is 28.1 Å². The van der Waals surface area contributed by atoms with E-state index in [4.69, 9.17) is 4.42 Å². The van der Waals surface area contributed by atoms with Crippen LogP contribution < -0.4 is 5.32 Å². The number of halogens is 1. The molecule has 0 saturated heterocycles. The number of aryl methyl sites for hydroxylation is 2. The molecule has 3 aromatic rings. The summed E-state index contributed by atoms with van der Waals surface area (Å²) < 4.78 is 8.14. The average molecular weight is 388 g/mol. The monoisotopic (exact) mass is 387 g/mol. The second kappa shape index (κ2) is 6.65. The van der Waals surface area contributed by atoms with Gasteiger partial charge in [0.05, 0.1) is 35.4 Å². The number of amides is 1. The van der Waals surface area contributed by atoms with Gasteiger partial charge in [0, 0.05) is 4.47 Å². The van der Waals surface area contributed by atoms with Gasteiger partial charge in [0.2, 0.25) is 0 Å². The Bertz CT molecular complexity index is 878. The molecule has 1 N–H and O–H groups in total. The molecule has 1 aromatic carbocycles. The van der Waals surface area contributed by atoms with Crippen LogP contribution in [-0.2, 0) is 6.54 Å². The van der Waals surface area contributed by atoms with E-state index in [1.165, 1.54) is 6.26 Å². The Morgan fingerprint density at radius 3 is 2.54 bits per heavy atom. The first-order valence-electron chi connectivity index (χ1n) is 7.59. The Morgan fingerprint density at radius 2 is 1.92 bits per heavy atom. The number of hydrogen-bond acceptors (Lipinski definition) is 3. The third-order valence-electron chi connectivity index (χ3n) is 3.97. The van der Waals surface area contributed by atoms with Gasteiger partial charge in [0.25, 0.3) is 5.91 Å². The van der Waals surface area contributed by atoms with Gasteiger partial charge in [-0.2, -0.15) is 5.10 Å². The van der Waals surface area contributed by atoms with Gasteiger partial charge in [-0.05, 0) is 44.5 Å². The van der Waals surface area contributed by atoms with Crippen LogP contribution in [0.15, 0.2) is 45.5 Å². The Hall–Kier alpha value is -2.34. The number of aromatic nitrogens is 2. The summed E-state index contributed by atoms with van der Waals surface area (Å²) in [5, 5.41) is 7.50. The molecule has 0 atom stereocenters. The van der Waals surface area contributed by atoms with Crippen LogP contribution in [0.25, 0.3) is 0 Å². The zero-order valence-electron chi connectivity index (χ0n) is 13.8. The van der Waals surface area contributed by atoms with Crippen molar-refractivity contribution in [2.75, 3.05) is 5.32 Å². The minimum atomic E-state index is -0.185. The normalized spacial score (nSPS) is 10.8. The molecule has 0 aliphatic carbocycles. The highest BCUT2D eigenvalue weighted by molar-refractivity contribution is 9.10. The maximum absolute atomic E-state index is 12.4. The first kappa shape index (κ1) is 16.5. The molecular formula is C18H18BrN3O2. The Kier molecular flexibility index (Phi) is 4.57. The van der Waals surface area contributed by atoms with Gasteiger partial charge in [-0.15, -0.1) is 0 Å². The number of furan rings is 1. The summed E-state index contributed by atoms with van der Waals surface area (Å²) in [7, 11) is 0. The quantitative estimate of drug-likeness (QED) is 0.718. The molecule has 1 amide bonds. The summed E-state index contributed by atoms with van der Waals surface area (Å²) in [6.45, 7) is 6.27. The third kappa shape index (κ3) is 3.28. The maximum atomic E-state index is 12.4. The molecule has 124 valence electrons. The van der Waals surface area contributed by atoms with Crippen molar-refractivity contribution in [3.8, 4) is 0 Å². The van der Waals surface area contributed by atoms with Gasteiger partial charge in [0.15, 0.2) is 0 Å². The lowest BCUT2D eigenvalue weighted by Crippen LogP contribution is -2.13. The SMILES string of the molecule is Cc1nn(Cc2ccc(Br)cc2)c(C)c1NC(=O)c1ccoc1C. The largest absolute Gasteiger partial charge is 0.469 e. The van der Waals surface area contributed by atoms with Crippen LogP contribution in [0.5, 0.6) is 0 Å². The summed E-state index contributed by atoms with van der Waals surface area (Å²) in [4.78, 5) is 12.4. The van der Waals surface area contributed by atoms with Crippen LogP contribution in [0, 0.1) is 20.8 Å². The molecule has 6 heteroatoms. The number of carbonyl (C=O) groups excluding carboxylic acids is 1. The minimum Gasteiger partial charge on any atom is -0.469 e. The van der Waals surface area contributed by atoms with Crippen molar-refractivity contribution in [2.24, 2.45) is 0 Å². The van der Waals surface area contributed by atoms with Crippen molar-refractivity contribution in [3.63, 3.8) is 0 Å². The van der Waals surface area contributed by atoms with E-state index in [1.807, 2.05) is 42.8 Å². The van der Waals surface area contributed by atoms with E-state index in [9.17, 15) is 4.79 Å². The highest BCUT2D eigenvalue weighted by atomic mass is 79.9. The number of anilines is 1. The number of nitrogens with one attached hydrogen (secondary N) is 1. The van der Waals surface area contributed by atoms with Crippen LogP contribution in [0.2, 0.25) is 0 Å². The molecule has 0 saturated carbocycles. The molecule has 0 radical (unpaired) electrons. The van der Waals surface area contributed by atoms with E-state index in [1.54, 1.807) is 13.0 Å².